The number of alkyl halides is 2. The number of nitrogen functional groups attached to an aromatic ring is 1. The predicted octanol–water partition coefficient (Wildman–Crippen LogP) is 3.99. The molecule has 0 fully saturated rings. The summed E-state index contributed by atoms with van der Waals surface area (Å²) in [5, 5.41) is -0.217. The number of nitrogens with two attached hydrogens (primary N) is 1. The van der Waals surface area contributed by atoms with Crippen molar-refractivity contribution in [3.63, 3.8) is 0 Å². The summed E-state index contributed by atoms with van der Waals surface area (Å²) in [7, 11) is 1.07. The zero-order valence-electron chi connectivity index (χ0n) is 11.5. The fourth-order valence-corrected chi connectivity index (χ4v) is 2.02. The number of carbonyl (C=O) groups is 1. The highest BCUT2D eigenvalue weighted by atomic mass is 35.5. The van der Waals surface area contributed by atoms with Crippen LogP contribution in [0.25, 0.3) is 11.3 Å². The highest BCUT2D eigenvalue weighted by molar-refractivity contribution is 6.35. The number of hydrogen-bond acceptors (Lipinski definition) is 4. The Morgan fingerprint density at radius 2 is 1.91 bits per heavy atom. The lowest BCUT2D eigenvalue weighted by Crippen LogP contribution is -2.08. The molecule has 1 heterocycles. The van der Waals surface area contributed by atoms with Crippen molar-refractivity contribution in [3.8, 4) is 11.3 Å². The molecule has 9 heteroatoms. The lowest BCUT2D eigenvalue weighted by molar-refractivity contribution is 0.0594. The number of pyridine rings is 1. The fraction of sp³-hybridized carbons (Fsp3) is 0.143. The number of methoxy groups -OCH3 is 1. The molecule has 0 bridgehead atoms. The smallest absolute Gasteiger partial charge is 0.358 e. The van der Waals surface area contributed by atoms with Gasteiger partial charge in [-0.05, 0) is 18.2 Å². The number of esters is 1. The Balaban J connectivity index is 2.65. The van der Waals surface area contributed by atoms with E-state index in [1.54, 1.807) is 0 Å². The molecule has 0 spiro atoms. The van der Waals surface area contributed by atoms with Gasteiger partial charge in [0.25, 0.3) is 6.43 Å². The van der Waals surface area contributed by atoms with Crippen LogP contribution in [0.15, 0.2) is 18.2 Å². The molecule has 4 nitrogen and oxygen atoms in total. The lowest BCUT2D eigenvalue weighted by atomic mass is 10.1. The molecule has 0 saturated carbocycles. The largest absolute Gasteiger partial charge is 0.464 e. The summed E-state index contributed by atoms with van der Waals surface area (Å²) in [5.41, 5.74) is 3.30. The molecule has 2 rings (SSSR count). The number of nitrogens with zero attached hydrogens (tertiary/aromatic N) is 1. The van der Waals surface area contributed by atoms with Crippen molar-refractivity contribution in [2.75, 3.05) is 12.8 Å². The molecule has 0 aliphatic rings. The topological polar surface area (TPSA) is 65.2 Å². The van der Waals surface area contributed by atoms with Crippen LogP contribution in [0, 0.1) is 11.6 Å². The maximum Gasteiger partial charge on any atom is 0.358 e. The van der Waals surface area contributed by atoms with Crippen molar-refractivity contribution in [1.82, 2.24) is 4.98 Å². The van der Waals surface area contributed by atoms with Crippen LogP contribution in [0.2, 0.25) is 5.02 Å². The van der Waals surface area contributed by atoms with Gasteiger partial charge in [-0.3, -0.25) is 0 Å². The molecule has 0 saturated heterocycles. The Labute approximate surface area is 132 Å². The van der Waals surface area contributed by atoms with Crippen LogP contribution in [0.1, 0.15) is 22.5 Å². The van der Waals surface area contributed by atoms with Crippen LogP contribution in [0.5, 0.6) is 0 Å². The quantitative estimate of drug-likeness (QED) is 0.673. The first-order valence-corrected chi connectivity index (χ1v) is 6.45. The second kappa shape index (κ2) is 6.41. The van der Waals surface area contributed by atoms with Gasteiger partial charge in [-0.25, -0.2) is 27.3 Å². The van der Waals surface area contributed by atoms with E-state index in [2.05, 4.69) is 9.72 Å². The lowest BCUT2D eigenvalue weighted by Gasteiger charge is -2.10. The van der Waals surface area contributed by atoms with E-state index in [0.29, 0.717) is 12.1 Å². The van der Waals surface area contributed by atoms with Crippen LogP contribution in [-0.2, 0) is 4.74 Å². The Morgan fingerprint density at radius 1 is 1.26 bits per heavy atom. The SMILES string of the molecule is COC(=O)c1nc(-c2cc(F)c(C(F)F)cc2F)cc(N)c1Cl. The van der Waals surface area contributed by atoms with Crippen molar-refractivity contribution >= 4 is 23.3 Å². The van der Waals surface area contributed by atoms with E-state index in [1.165, 1.54) is 0 Å². The molecule has 0 unspecified atom stereocenters. The standard InChI is InChI=1S/C14H9ClF4N2O2/c1-23-14(22)12-11(15)9(20)4-10(21-12)5-2-8(17)6(13(18)19)3-7(5)16/h2-4,13H,1H3,(H2,20,21). The first-order valence-electron chi connectivity index (χ1n) is 6.08. The maximum atomic E-state index is 14.0. The van der Waals surface area contributed by atoms with Gasteiger partial charge in [0.1, 0.15) is 11.6 Å². The molecular weight excluding hydrogens is 340 g/mol. The third-order valence-electron chi connectivity index (χ3n) is 2.96. The van der Waals surface area contributed by atoms with E-state index < -0.39 is 40.9 Å². The summed E-state index contributed by atoms with van der Waals surface area (Å²) in [6.45, 7) is 0. The summed E-state index contributed by atoms with van der Waals surface area (Å²) < 4.78 is 57.2. The first-order chi connectivity index (χ1) is 10.8. The number of anilines is 1. The monoisotopic (exact) mass is 348 g/mol. The summed E-state index contributed by atoms with van der Waals surface area (Å²) in [6, 6.07) is 2.00. The Bertz CT molecular complexity index is 784. The number of halogens is 5. The number of carbonyl (C=O) groups excluding carboxylic acids is 1. The number of rotatable bonds is 3. The van der Waals surface area contributed by atoms with E-state index in [4.69, 9.17) is 17.3 Å². The molecule has 23 heavy (non-hydrogen) atoms. The van der Waals surface area contributed by atoms with Crippen molar-refractivity contribution in [2.45, 2.75) is 6.43 Å². The molecule has 2 N–H and O–H groups in total. The number of benzene rings is 1. The fourth-order valence-electron chi connectivity index (χ4n) is 1.84. The second-order valence-corrected chi connectivity index (χ2v) is 4.78. The van der Waals surface area contributed by atoms with Gasteiger partial charge in [-0.1, -0.05) is 11.6 Å². The summed E-state index contributed by atoms with van der Waals surface area (Å²) in [5.74, 6) is -3.40. The Kier molecular flexibility index (Phi) is 4.74. The third kappa shape index (κ3) is 3.21. The van der Waals surface area contributed by atoms with Crippen molar-refractivity contribution in [3.05, 3.63) is 46.1 Å². The minimum atomic E-state index is -3.17. The van der Waals surface area contributed by atoms with Gasteiger partial charge in [-0.2, -0.15) is 0 Å². The zero-order chi connectivity index (χ0) is 17.3. The minimum Gasteiger partial charge on any atom is -0.464 e. The van der Waals surface area contributed by atoms with Gasteiger partial charge in [0, 0.05) is 5.56 Å². The average molecular weight is 349 g/mol. The number of ether oxygens (including phenoxy) is 1. The molecule has 0 amide bonds. The summed E-state index contributed by atoms with van der Waals surface area (Å²) >= 11 is 5.81. The van der Waals surface area contributed by atoms with E-state index in [-0.39, 0.29) is 16.4 Å². The van der Waals surface area contributed by atoms with Gasteiger partial charge < -0.3 is 10.5 Å². The number of hydrogen-bond donors (Lipinski definition) is 1. The first kappa shape index (κ1) is 17.0. The highest BCUT2D eigenvalue weighted by Gasteiger charge is 2.22. The van der Waals surface area contributed by atoms with Crippen LogP contribution < -0.4 is 5.73 Å². The van der Waals surface area contributed by atoms with E-state index >= 15 is 0 Å². The molecule has 1 aromatic carbocycles. The zero-order valence-corrected chi connectivity index (χ0v) is 12.3. The van der Waals surface area contributed by atoms with E-state index in [1.807, 2.05) is 0 Å². The Morgan fingerprint density at radius 3 is 2.48 bits per heavy atom. The maximum absolute atomic E-state index is 14.0. The molecule has 122 valence electrons. The molecular formula is C14H9ClF4N2O2. The summed E-state index contributed by atoms with van der Waals surface area (Å²) in [4.78, 5) is 15.3. The van der Waals surface area contributed by atoms with Gasteiger partial charge in [0.15, 0.2) is 5.69 Å². The van der Waals surface area contributed by atoms with Crippen LogP contribution in [-0.4, -0.2) is 18.1 Å². The average Bonchev–Trinajstić information content (AvgIpc) is 2.50. The Hall–Kier alpha value is -2.35. The van der Waals surface area contributed by atoms with Crippen molar-refractivity contribution in [2.24, 2.45) is 0 Å². The summed E-state index contributed by atoms with van der Waals surface area (Å²) in [6.07, 6.45) is -3.17. The van der Waals surface area contributed by atoms with Gasteiger partial charge in [-0.15, -0.1) is 0 Å². The van der Waals surface area contributed by atoms with E-state index in [0.717, 1.165) is 13.2 Å². The van der Waals surface area contributed by atoms with Crippen LogP contribution in [0.3, 0.4) is 0 Å². The number of aromatic nitrogens is 1. The second-order valence-electron chi connectivity index (χ2n) is 4.41. The minimum absolute atomic E-state index is 0.130. The molecule has 2 aromatic rings. The molecule has 0 aliphatic heterocycles. The molecule has 0 aliphatic carbocycles. The van der Waals surface area contributed by atoms with E-state index in [9.17, 15) is 22.4 Å². The third-order valence-corrected chi connectivity index (χ3v) is 3.36. The van der Waals surface area contributed by atoms with Crippen LogP contribution in [0.4, 0.5) is 23.2 Å². The van der Waals surface area contributed by atoms with Crippen LogP contribution >= 0.6 is 11.6 Å². The van der Waals surface area contributed by atoms with Gasteiger partial charge in [0.2, 0.25) is 0 Å². The predicted molar refractivity (Wildman–Crippen MR) is 75.3 cm³/mol. The highest BCUT2D eigenvalue weighted by Crippen LogP contribution is 2.32. The van der Waals surface area contributed by atoms with Crippen molar-refractivity contribution < 1.29 is 27.1 Å². The normalized spacial score (nSPS) is 10.9. The van der Waals surface area contributed by atoms with Gasteiger partial charge >= 0.3 is 5.97 Å². The van der Waals surface area contributed by atoms with Crippen molar-refractivity contribution in [1.29, 1.82) is 0 Å². The molecule has 0 atom stereocenters. The molecule has 1 aromatic heterocycles. The van der Waals surface area contributed by atoms with Gasteiger partial charge in [0.05, 0.1) is 29.1 Å². The molecule has 0 radical (unpaired) electrons.